The van der Waals surface area contributed by atoms with Crippen LogP contribution in [0.1, 0.15) is 17.8 Å². The lowest BCUT2D eigenvalue weighted by molar-refractivity contribution is -0.136. The van der Waals surface area contributed by atoms with Crippen LogP contribution in [0.5, 0.6) is 0 Å². The number of methoxy groups -OCH3 is 1. The first-order valence-corrected chi connectivity index (χ1v) is 8.34. The zero-order valence-electron chi connectivity index (χ0n) is 12.8. The number of hydrogen-bond donors (Lipinski definition) is 2. The smallest absolute Gasteiger partial charge is 0.337 e. The molecule has 6 heteroatoms. The van der Waals surface area contributed by atoms with Crippen LogP contribution in [0.3, 0.4) is 0 Å². The molecule has 1 atom stereocenters. The van der Waals surface area contributed by atoms with E-state index in [0.717, 1.165) is 21.0 Å². The van der Waals surface area contributed by atoms with Crippen molar-refractivity contribution in [3.8, 4) is 10.4 Å². The summed E-state index contributed by atoms with van der Waals surface area (Å²) < 4.78 is 4.92. The number of thiophene rings is 1. The Kier molecular flexibility index (Phi) is 4.45. The van der Waals surface area contributed by atoms with E-state index in [2.05, 4.69) is 28.8 Å². The summed E-state index contributed by atoms with van der Waals surface area (Å²) >= 11 is 6.87. The summed E-state index contributed by atoms with van der Waals surface area (Å²) in [6.45, 7) is 1.83. The lowest BCUT2D eigenvalue weighted by atomic mass is 10.0. The predicted octanol–water partition coefficient (Wildman–Crippen LogP) is 3.38. The highest BCUT2D eigenvalue weighted by Gasteiger charge is 2.31. The third-order valence-corrected chi connectivity index (χ3v) is 5.06. The van der Waals surface area contributed by atoms with Crippen LogP contribution in [-0.4, -0.2) is 18.2 Å². The average Bonchev–Trinajstić information content (AvgIpc) is 3.04. The maximum absolute atomic E-state index is 12.1. The highest BCUT2D eigenvalue weighted by molar-refractivity contribution is 7.80. The van der Waals surface area contributed by atoms with Gasteiger partial charge in [0.1, 0.15) is 0 Å². The zero-order chi connectivity index (χ0) is 16.4. The molecule has 0 fully saturated rings. The van der Waals surface area contributed by atoms with Gasteiger partial charge in [-0.05, 0) is 36.8 Å². The van der Waals surface area contributed by atoms with Gasteiger partial charge in [0, 0.05) is 15.5 Å². The summed E-state index contributed by atoms with van der Waals surface area (Å²) in [4.78, 5) is 14.3. The van der Waals surface area contributed by atoms with E-state index in [-0.39, 0.29) is 12.0 Å². The number of nitrogens with one attached hydrogen (secondary N) is 2. The van der Waals surface area contributed by atoms with Gasteiger partial charge in [0.05, 0.1) is 18.7 Å². The van der Waals surface area contributed by atoms with E-state index in [0.29, 0.717) is 10.7 Å². The van der Waals surface area contributed by atoms with E-state index in [4.69, 9.17) is 17.0 Å². The van der Waals surface area contributed by atoms with Gasteiger partial charge in [-0.2, -0.15) is 0 Å². The molecule has 1 aliphatic heterocycles. The minimum absolute atomic E-state index is 0.293. The van der Waals surface area contributed by atoms with Gasteiger partial charge in [0.15, 0.2) is 5.11 Å². The van der Waals surface area contributed by atoms with E-state index >= 15 is 0 Å². The standard InChI is InChI=1S/C17H16N2O2S2/c1-10-14(16(20)21-2)15(19-17(22)18-10)13-9-8-12(23-13)11-6-4-3-5-7-11/h3-9,15H,1-2H3,(H2,18,19,22)/t15-/m1/s1. The van der Waals surface area contributed by atoms with Crippen LogP contribution in [0.2, 0.25) is 0 Å². The van der Waals surface area contributed by atoms with E-state index in [1.54, 1.807) is 11.3 Å². The molecule has 118 valence electrons. The maximum atomic E-state index is 12.1. The quantitative estimate of drug-likeness (QED) is 0.660. The van der Waals surface area contributed by atoms with Crippen molar-refractivity contribution in [3.05, 3.63) is 58.6 Å². The van der Waals surface area contributed by atoms with E-state index in [1.807, 2.05) is 31.2 Å². The number of hydrogen-bond acceptors (Lipinski definition) is 4. The normalized spacial score (nSPS) is 17.5. The van der Waals surface area contributed by atoms with Gasteiger partial charge in [0.25, 0.3) is 0 Å². The van der Waals surface area contributed by atoms with Gasteiger partial charge < -0.3 is 15.4 Å². The molecule has 0 spiro atoms. The third kappa shape index (κ3) is 3.13. The van der Waals surface area contributed by atoms with Crippen molar-refractivity contribution in [2.24, 2.45) is 0 Å². The SMILES string of the molecule is COC(=O)C1=C(C)NC(=S)N[C@@H]1c1ccc(-c2ccccc2)s1. The van der Waals surface area contributed by atoms with Crippen molar-refractivity contribution < 1.29 is 9.53 Å². The van der Waals surface area contributed by atoms with Crippen LogP contribution >= 0.6 is 23.6 Å². The maximum Gasteiger partial charge on any atom is 0.337 e. The fourth-order valence-electron chi connectivity index (χ4n) is 2.55. The first kappa shape index (κ1) is 15.7. The minimum atomic E-state index is -0.357. The number of benzene rings is 1. The molecule has 0 radical (unpaired) electrons. The van der Waals surface area contributed by atoms with Gasteiger partial charge in [-0.15, -0.1) is 11.3 Å². The summed E-state index contributed by atoms with van der Waals surface area (Å²) in [5, 5.41) is 6.66. The van der Waals surface area contributed by atoms with E-state index < -0.39 is 0 Å². The Morgan fingerprint density at radius 3 is 2.65 bits per heavy atom. The second kappa shape index (κ2) is 6.52. The fraction of sp³-hybridized carbons (Fsp3) is 0.176. The predicted molar refractivity (Wildman–Crippen MR) is 96.1 cm³/mol. The van der Waals surface area contributed by atoms with Crippen molar-refractivity contribution in [2.45, 2.75) is 13.0 Å². The number of thiocarbonyl (C=S) groups is 1. The summed E-state index contributed by atoms with van der Waals surface area (Å²) in [6.07, 6.45) is 0. The van der Waals surface area contributed by atoms with Gasteiger partial charge in [-0.3, -0.25) is 0 Å². The number of carbonyl (C=O) groups excluding carboxylic acids is 1. The van der Waals surface area contributed by atoms with Gasteiger partial charge >= 0.3 is 5.97 Å². The summed E-state index contributed by atoms with van der Waals surface area (Å²) in [7, 11) is 1.39. The Hall–Kier alpha value is -2.18. The molecule has 1 aromatic heterocycles. The minimum Gasteiger partial charge on any atom is -0.466 e. The summed E-state index contributed by atoms with van der Waals surface area (Å²) in [5.41, 5.74) is 2.43. The second-order valence-electron chi connectivity index (χ2n) is 5.13. The molecular weight excluding hydrogens is 328 g/mol. The lowest BCUT2D eigenvalue weighted by Gasteiger charge is -2.28. The van der Waals surface area contributed by atoms with Crippen molar-refractivity contribution in [1.82, 2.24) is 10.6 Å². The molecule has 2 heterocycles. The lowest BCUT2D eigenvalue weighted by Crippen LogP contribution is -2.44. The second-order valence-corrected chi connectivity index (χ2v) is 6.65. The van der Waals surface area contributed by atoms with Crippen LogP contribution in [0.25, 0.3) is 10.4 Å². The molecule has 0 saturated carbocycles. The van der Waals surface area contributed by atoms with E-state index in [1.165, 1.54) is 7.11 Å². The molecule has 1 aliphatic rings. The van der Waals surface area contributed by atoms with Crippen LogP contribution < -0.4 is 10.6 Å². The Morgan fingerprint density at radius 2 is 1.96 bits per heavy atom. The molecule has 2 aromatic rings. The van der Waals surface area contributed by atoms with Crippen LogP contribution in [0.4, 0.5) is 0 Å². The van der Waals surface area contributed by atoms with Crippen molar-refractivity contribution in [1.29, 1.82) is 0 Å². The number of carbonyl (C=O) groups is 1. The molecule has 23 heavy (non-hydrogen) atoms. The molecule has 4 nitrogen and oxygen atoms in total. The molecule has 0 unspecified atom stereocenters. The van der Waals surface area contributed by atoms with Crippen LogP contribution in [0.15, 0.2) is 53.7 Å². The topological polar surface area (TPSA) is 50.4 Å². The number of allylic oxidation sites excluding steroid dienone is 1. The van der Waals surface area contributed by atoms with Crippen LogP contribution in [-0.2, 0) is 9.53 Å². The fourth-order valence-corrected chi connectivity index (χ4v) is 3.90. The Bertz CT molecular complexity index is 781. The molecule has 3 rings (SSSR count). The zero-order valence-corrected chi connectivity index (χ0v) is 14.4. The summed E-state index contributed by atoms with van der Waals surface area (Å²) in [5.74, 6) is -0.357. The highest BCUT2D eigenvalue weighted by Crippen LogP contribution is 2.36. The number of esters is 1. The summed E-state index contributed by atoms with van der Waals surface area (Å²) in [6, 6.07) is 13.9. The van der Waals surface area contributed by atoms with Gasteiger partial charge in [0.2, 0.25) is 0 Å². The molecular formula is C17H16N2O2S2. The molecule has 0 saturated heterocycles. The number of ether oxygens (including phenoxy) is 1. The van der Waals surface area contributed by atoms with Crippen LogP contribution in [0, 0.1) is 0 Å². The molecule has 0 aliphatic carbocycles. The molecule has 0 amide bonds. The van der Waals surface area contributed by atoms with Gasteiger partial charge in [-0.1, -0.05) is 30.3 Å². The monoisotopic (exact) mass is 344 g/mol. The van der Waals surface area contributed by atoms with E-state index in [9.17, 15) is 4.79 Å². The largest absolute Gasteiger partial charge is 0.466 e. The van der Waals surface area contributed by atoms with Crippen molar-refractivity contribution >= 4 is 34.6 Å². The van der Waals surface area contributed by atoms with Crippen molar-refractivity contribution in [2.75, 3.05) is 7.11 Å². The Balaban J connectivity index is 1.99. The third-order valence-electron chi connectivity index (χ3n) is 3.64. The molecule has 0 bridgehead atoms. The van der Waals surface area contributed by atoms with Crippen molar-refractivity contribution in [3.63, 3.8) is 0 Å². The molecule has 2 N–H and O–H groups in total. The Morgan fingerprint density at radius 1 is 1.22 bits per heavy atom. The first-order chi connectivity index (χ1) is 11.1. The highest BCUT2D eigenvalue weighted by atomic mass is 32.1. The number of rotatable bonds is 3. The van der Waals surface area contributed by atoms with Gasteiger partial charge in [-0.25, -0.2) is 4.79 Å². The Labute approximate surface area is 144 Å². The first-order valence-electron chi connectivity index (χ1n) is 7.12. The average molecular weight is 344 g/mol. The molecule has 1 aromatic carbocycles.